The highest BCUT2D eigenvalue weighted by Crippen LogP contribution is 2.27. The van der Waals surface area contributed by atoms with E-state index < -0.39 is 0 Å². The number of benzene rings is 1. The number of carbonyl (C=O) groups is 2. The summed E-state index contributed by atoms with van der Waals surface area (Å²) in [7, 11) is 0. The molecular formula is C19H24ClN5O2S. The number of para-hydroxylation sites is 1. The van der Waals surface area contributed by atoms with Gasteiger partial charge in [0.2, 0.25) is 11.8 Å². The van der Waals surface area contributed by atoms with E-state index in [0.717, 1.165) is 30.1 Å². The molecule has 1 unspecified atom stereocenters. The number of nitrogens with one attached hydrogen (secondary N) is 2. The number of carbonyl (C=O) groups excluding carboxylic acids is 2. The minimum Gasteiger partial charge on any atom is -0.369 e. The zero-order chi connectivity index (χ0) is 19.1. The summed E-state index contributed by atoms with van der Waals surface area (Å²) < 4.78 is 0. The van der Waals surface area contributed by atoms with Crippen molar-refractivity contribution in [3.63, 3.8) is 0 Å². The van der Waals surface area contributed by atoms with Crippen molar-refractivity contribution in [1.29, 1.82) is 0 Å². The van der Waals surface area contributed by atoms with E-state index in [1.165, 1.54) is 11.8 Å². The molecule has 1 aliphatic heterocycles. The number of hydrogen-bond donors (Lipinski definition) is 3. The predicted octanol–water partition coefficient (Wildman–Crippen LogP) is 1.67. The van der Waals surface area contributed by atoms with Gasteiger partial charge in [0.1, 0.15) is 0 Å². The fourth-order valence-electron chi connectivity index (χ4n) is 3.06. The Bertz CT molecular complexity index is 793. The van der Waals surface area contributed by atoms with Gasteiger partial charge >= 0.3 is 0 Å². The molecule has 0 spiro atoms. The Balaban J connectivity index is 0.00000280. The third-order valence-electron chi connectivity index (χ3n) is 4.30. The molecule has 1 saturated heterocycles. The maximum Gasteiger partial charge on any atom is 0.238 e. The molecule has 0 aliphatic carbocycles. The molecule has 150 valence electrons. The van der Waals surface area contributed by atoms with Gasteiger partial charge in [0.25, 0.3) is 0 Å². The second kappa shape index (κ2) is 11.0. The van der Waals surface area contributed by atoms with Crippen molar-refractivity contribution in [1.82, 2.24) is 15.2 Å². The zero-order valence-electron chi connectivity index (χ0n) is 15.3. The maximum atomic E-state index is 12.7. The third kappa shape index (κ3) is 6.20. The molecule has 9 heteroatoms. The van der Waals surface area contributed by atoms with Crippen molar-refractivity contribution in [3.8, 4) is 0 Å². The van der Waals surface area contributed by atoms with E-state index in [1.54, 1.807) is 6.20 Å². The highest BCUT2D eigenvalue weighted by molar-refractivity contribution is 8.00. The lowest BCUT2D eigenvalue weighted by atomic mass is 10.1. The van der Waals surface area contributed by atoms with Crippen LogP contribution in [0, 0.1) is 0 Å². The van der Waals surface area contributed by atoms with Gasteiger partial charge in [-0.1, -0.05) is 18.2 Å². The smallest absolute Gasteiger partial charge is 0.238 e. The number of rotatable bonds is 7. The first kappa shape index (κ1) is 22.2. The topological polar surface area (TPSA) is 100 Å². The minimum atomic E-state index is -0.388. The Morgan fingerprint density at radius 2 is 2.11 bits per heavy atom. The van der Waals surface area contributed by atoms with Crippen LogP contribution < -0.4 is 16.4 Å². The SMILES string of the molecule is Cl.NC(=O)CSc1ccccc1NC(=O)CN1CCNCC1c1cccnc1. The number of nitrogens with two attached hydrogens (primary N) is 1. The minimum absolute atomic E-state index is 0. The average molecular weight is 422 g/mol. The van der Waals surface area contributed by atoms with E-state index in [2.05, 4.69) is 20.5 Å². The summed E-state index contributed by atoms with van der Waals surface area (Å²) in [5.41, 5.74) is 7.01. The first-order valence-corrected chi connectivity index (χ1v) is 9.76. The van der Waals surface area contributed by atoms with E-state index in [0.29, 0.717) is 5.69 Å². The summed E-state index contributed by atoms with van der Waals surface area (Å²) in [4.78, 5) is 30.9. The molecular weight excluding hydrogens is 398 g/mol. The van der Waals surface area contributed by atoms with Gasteiger partial charge in [-0.05, 0) is 23.8 Å². The molecule has 1 fully saturated rings. The summed E-state index contributed by atoms with van der Waals surface area (Å²) in [6, 6.07) is 11.5. The normalized spacial score (nSPS) is 16.8. The van der Waals surface area contributed by atoms with E-state index in [-0.39, 0.29) is 42.6 Å². The van der Waals surface area contributed by atoms with E-state index >= 15 is 0 Å². The number of thioether (sulfide) groups is 1. The van der Waals surface area contributed by atoms with Crippen LogP contribution in [0.5, 0.6) is 0 Å². The monoisotopic (exact) mass is 421 g/mol. The van der Waals surface area contributed by atoms with Crippen LogP contribution in [-0.4, -0.2) is 53.6 Å². The number of hydrogen-bond acceptors (Lipinski definition) is 6. The number of primary amides is 1. The molecule has 3 rings (SSSR count). The molecule has 1 aromatic heterocycles. The van der Waals surface area contributed by atoms with Gasteiger partial charge in [-0.3, -0.25) is 19.5 Å². The molecule has 0 saturated carbocycles. The van der Waals surface area contributed by atoms with Gasteiger partial charge in [-0.15, -0.1) is 24.2 Å². The second-order valence-electron chi connectivity index (χ2n) is 6.28. The number of amides is 2. The van der Waals surface area contributed by atoms with Crippen LogP contribution in [0.25, 0.3) is 0 Å². The lowest BCUT2D eigenvalue weighted by Gasteiger charge is -2.35. The molecule has 2 aromatic rings. The largest absolute Gasteiger partial charge is 0.369 e. The Morgan fingerprint density at radius 1 is 1.29 bits per heavy atom. The van der Waals surface area contributed by atoms with Crippen LogP contribution in [-0.2, 0) is 9.59 Å². The lowest BCUT2D eigenvalue weighted by molar-refractivity contribution is -0.118. The first-order valence-electron chi connectivity index (χ1n) is 8.78. The number of aromatic nitrogens is 1. The van der Waals surface area contributed by atoms with Gasteiger partial charge in [-0.2, -0.15) is 0 Å². The van der Waals surface area contributed by atoms with Crippen molar-refractivity contribution in [2.75, 3.05) is 37.2 Å². The first-order chi connectivity index (χ1) is 13.1. The Morgan fingerprint density at radius 3 is 2.86 bits per heavy atom. The highest BCUT2D eigenvalue weighted by atomic mass is 35.5. The maximum absolute atomic E-state index is 12.7. The van der Waals surface area contributed by atoms with Crippen molar-refractivity contribution in [3.05, 3.63) is 54.4 Å². The van der Waals surface area contributed by atoms with Crippen LogP contribution in [0.4, 0.5) is 5.69 Å². The van der Waals surface area contributed by atoms with Crippen molar-refractivity contribution < 1.29 is 9.59 Å². The molecule has 7 nitrogen and oxygen atoms in total. The van der Waals surface area contributed by atoms with Gasteiger partial charge in [0.05, 0.1) is 18.0 Å². The number of pyridine rings is 1. The zero-order valence-corrected chi connectivity index (χ0v) is 17.0. The standard InChI is InChI=1S/C19H23N5O2S.ClH/c20-18(25)13-27-17-6-2-1-5-15(17)23-19(26)12-24-9-8-22-11-16(24)14-4-3-7-21-10-14;/h1-7,10,16,22H,8-9,11-13H2,(H2,20,25)(H,23,26);1H. The lowest BCUT2D eigenvalue weighted by Crippen LogP contribution is -2.48. The molecule has 1 aromatic carbocycles. The van der Waals surface area contributed by atoms with Gasteiger partial charge in [0.15, 0.2) is 0 Å². The molecule has 2 heterocycles. The Labute approximate surface area is 174 Å². The van der Waals surface area contributed by atoms with E-state index in [4.69, 9.17) is 5.73 Å². The predicted molar refractivity (Wildman–Crippen MR) is 114 cm³/mol. The average Bonchev–Trinajstić information content (AvgIpc) is 2.68. The van der Waals surface area contributed by atoms with Crippen LogP contribution in [0.3, 0.4) is 0 Å². The van der Waals surface area contributed by atoms with Crippen LogP contribution >= 0.6 is 24.2 Å². The molecule has 4 N–H and O–H groups in total. The molecule has 0 radical (unpaired) electrons. The van der Waals surface area contributed by atoms with Crippen LogP contribution in [0.1, 0.15) is 11.6 Å². The van der Waals surface area contributed by atoms with Gasteiger partial charge in [-0.25, -0.2) is 0 Å². The summed E-state index contributed by atoms with van der Waals surface area (Å²) in [6.45, 7) is 2.69. The molecule has 0 bridgehead atoms. The summed E-state index contributed by atoms with van der Waals surface area (Å²) in [5.74, 6) is -0.299. The molecule has 2 amide bonds. The fraction of sp³-hybridized carbons (Fsp3) is 0.316. The quantitative estimate of drug-likeness (QED) is 0.588. The molecule has 1 aliphatic rings. The number of nitrogens with zero attached hydrogens (tertiary/aromatic N) is 2. The van der Waals surface area contributed by atoms with E-state index in [1.807, 2.05) is 42.6 Å². The number of anilines is 1. The number of halogens is 1. The summed E-state index contributed by atoms with van der Waals surface area (Å²) in [5, 5.41) is 6.34. The highest BCUT2D eigenvalue weighted by Gasteiger charge is 2.25. The Hall–Kier alpha value is -2.13. The van der Waals surface area contributed by atoms with Crippen molar-refractivity contribution in [2.45, 2.75) is 10.9 Å². The van der Waals surface area contributed by atoms with Crippen LogP contribution in [0.15, 0.2) is 53.7 Å². The van der Waals surface area contributed by atoms with Crippen LogP contribution in [0.2, 0.25) is 0 Å². The molecule has 1 atom stereocenters. The number of piperazine rings is 1. The van der Waals surface area contributed by atoms with Gasteiger partial charge < -0.3 is 16.4 Å². The van der Waals surface area contributed by atoms with Crippen molar-refractivity contribution in [2.24, 2.45) is 5.73 Å². The van der Waals surface area contributed by atoms with Gasteiger partial charge in [0, 0.05) is 43.0 Å². The summed E-state index contributed by atoms with van der Waals surface area (Å²) >= 11 is 1.32. The summed E-state index contributed by atoms with van der Waals surface area (Å²) in [6.07, 6.45) is 3.59. The fourth-order valence-corrected chi connectivity index (χ4v) is 3.80. The third-order valence-corrected chi connectivity index (χ3v) is 5.40. The van der Waals surface area contributed by atoms with Crippen molar-refractivity contribution >= 4 is 41.7 Å². The second-order valence-corrected chi connectivity index (χ2v) is 7.29. The van der Waals surface area contributed by atoms with E-state index in [9.17, 15) is 9.59 Å². The molecule has 28 heavy (non-hydrogen) atoms. The Kier molecular flexibility index (Phi) is 8.72.